The molecule has 0 radical (unpaired) electrons. The molecule has 0 spiro atoms. The molecule has 0 bridgehead atoms. The quantitative estimate of drug-likeness (QED) is 0.325. The van der Waals surface area contributed by atoms with Crippen LogP contribution >= 0.6 is 0 Å². The molecule has 0 aliphatic carbocycles. The molecule has 0 unspecified atom stereocenters. The van der Waals surface area contributed by atoms with E-state index in [-0.39, 0.29) is 51.6 Å². The maximum atomic E-state index is 8.58. The first-order valence-electron chi connectivity index (χ1n) is 0.816. The average Bonchev–Trinajstić information content (AvgIpc) is 0.722. The molecule has 0 heterocycles. The first-order chi connectivity index (χ1) is 2.00. The standard InChI is InChI=1S/2Mg.O4Si.H2O/c;;1-5(2,3)4;/h;;;1H2/q2*+2;-4;. The van der Waals surface area contributed by atoms with Gasteiger partial charge in [-0.05, 0) is 0 Å². The van der Waals surface area contributed by atoms with E-state index in [1.807, 2.05) is 0 Å². The molecule has 5 nitrogen and oxygen atoms in total. The normalized spacial score (nSPS) is 7.50. The van der Waals surface area contributed by atoms with Gasteiger partial charge in [0, 0.05) is 0 Å². The zero-order valence-corrected chi connectivity index (χ0v) is 7.88. The van der Waals surface area contributed by atoms with Gasteiger partial charge in [0.15, 0.2) is 0 Å². The summed E-state index contributed by atoms with van der Waals surface area (Å²) in [6, 6.07) is 0. The third-order valence-electron chi connectivity index (χ3n) is 0. The van der Waals surface area contributed by atoms with Gasteiger partial charge >= 0.3 is 46.1 Å². The molecule has 0 amide bonds. The summed E-state index contributed by atoms with van der Waals surface area (Å²) in [5, 5.41) is 0. The molecule has 0 aliphatic rings. The molecule has 0 aromatic rings. The summed E-state index contributed by atoms with van der Waals surface area (Å²) in [7, 11) is -5.61. The first-order valence-corrected chi connectivity index (χ1v) is 2.45. The summed E-state index contributed by atoms with van der Waals surface area (Å²) in [5.41, 5.74) is 0. The van der Waals surface area contributed by atoms with Gasteiger partial charge in [-0.25, -0.2) is 0 Å². The van der Waals surface area contributed by atoms with Gasteiger partial charge < -0.3 is 33.7 Å². The van der Waals surface area contributed by atoms with Crippen molar-refractivity contribution in [3.05, 3.63) is 0 Å². The molecule has 0 aromatic carbocycles. The average molecular weight is 159 g/mol. The summed E-state index contributed by atoms with van der Waals surface area (Å²) in [6.07, 6.45) is 0. The monoisotopic (exact) mass is 158 g/mol. The maximum Gasteiger partial charge on any atom is 2.00 e. The van der Waals surface area contributed by atoms with Gasteiger partial charge in [0.05, 0.1) is 0 Å². The van der Waals surface area contributed by atoms with Crippen LogP contribution in [0, 0.1) is 0 Å². The van der Waals surface area contributed by atoms with Crippen LogP contribution in [0.4, 0.5) is 0 Å². The van der Waals surface area contributed by atoms with Crippen LogP contribution in [-0.2, 0) is 0 Å². The first kappa shape index (κ1) is 22.7. The van der Waals surface area contributed by atoms with Gasteiger partial charge in [-0.1, -0.05) is 0 Å². The summed E-state index contributed by atoms with van der Waals surface area (Å²) < 4.78 is 0. The zero-order chi connectivity index (χ0) is 4.50. The van der Waals surface area contributed by atoms with Crippen molar-refractivity contribution in [1.82, 2.24) is 0 Å². The van der Waals surface area contributed by atoms with E-state index in [4.69, 9.17) is 19.2 Å². The predicted molar refractivity (Wildman–Crippen MR) is 20.9 cm³/mol. The second kappa shape index (κ2) is 8.55. The fourth-order valence-corrected chi connectivity index (χ4v) is 0. The van der Waals surface area contributed by atoms with Crippen LogP contribution in [0.5, 0.6) is 0 Å². The van der Waals surface area contributed by atoms with Crippen molar-refractivity contribution in [2.75, 3.05) is 0 Å². The molecule has 0 saturated heterocycles. The van der Waals surface area contributed by atoms with Crippen LogP contribution in [0.3, 0.4) is 0 Å². The minimum Gasteiger partial charge on any atom is -0.894 e. The molecular weight excluding hydrogens is 157 g/mol. The summed E-state index contributed by atoms with van der Waals surface area (Å²) in [4.78, 5) is 34.3. The molecule has 8 heteroatoms. The van der Waals surface area contributed by atoms with Gasteiger partial charge in [0.2, 0.25) is 0 Å². The van der Waals surface area contributed by atoms with Crippen LogP contribution in [0.15, 0.2) is 0 Å². The van der Waals surface area contributed by atoms with E-state index in [9.17, 15) is 0 Å². The Morgan fingerprint density at radius 2 is 0.750 bits per heavy atom. The molecule has 0 rings (SSSR count). The van der Waals surface area contributed by atoms with Gasteiger partial charge in [0.25, 0.3) is 0 Å². The van der Waals surface area contributed by atoms with E-state index >= 15 is 0 Å². The Labute approximate surface area is 79.4 Å². The van der Waals surface area contributed by atoms with Crippen LogP contribution in [0.1, 0.15) is 0 Å². The zero-order valence-electron chi connectivity index (χ0n) is 4.05. The van der Waals surface area contributed by atoms with E-state index in [1.54, 1.807) is 0 Å². The molecule has 0 fully saturated rings. The van der Waals surface area contributed by atoms with Crippen molar-refractivity contribution in [2.24, 2.45) is 0 Å². The van der Waals surface area contributed by atoms with Crippen LogP contribution in [0.2, 0.25) is 0 Å². The maximum absolute atomic E-state index is 8.58. The number of hydrogen-bond donors (Lipinski definition) is 0. The van der Waals surface area contributed by atoms with E-state index in [1.165, 1.54) is 0 Å². The SMILES string of the molecule is O.[Mg+2].[Mg+2].[O-][Si]([O-])([O-])[O-]. The van der Waals surface area contributed by atoms with Gasteiger partial charge in [-0.2, -0.15) is 0 Å². The third kappa shape index (κ3) is 135. The van der Waals surface area contributed by atoms with Gasteiger partial charge in [-0.15, -0.1) is 0 Å². The Morgan fingerprint density at radius 3 is 0.750 bits per heavy atom. The molecule has 8 heavy (non-hydrogen) atoms. The minimum atomic E-state index is -5.61. The number of rotatable bonds is 0. The molecule has 0 saturated carbocycles. The predicted octanol–water partition coefficient (Wildman–Crippen LogP) is -6.72. The van der Waals surface area contributed by atoms with Crippen molar-refractivity contribution < 1.29 is 24.7 Å². The van der Waals surface area contributed by atoms with Crippen molar-refractivity contribution in [3.63, 3.8) is 0 Å². The number of hydrogen-bond acceptors (Lipinski definition) is 4. The summed E-state index contributed by atoms with van der Waals surface area (Å²) in [5.74, 6) is 0. The van der Waals surface area contributed by atoms with Crippen molar-refractivity contribution in [3.8, 4) is 0 Å². The Balaban J connectivity index is -0.0000000267. The summed E-state index contributed by atoms with van der Waals surface area (Å²) in [6.45, 7) is 0. The van der Waals surface area contributed by atoms with Crippen molar-refractivity contribution in [1.29, 1.82) is 0 Å². The van der Waals surface area contributed by atoms with Crippen LogP contribution in [-0.4, -0.2) is 60.6 Å². The molecule has 0 atom stereocenters. The molecule has 0 aliphatic heterocycles. The minimum absolute atomic E-state index is 0. The van der Waals surface area contributed by atoms with E-state index < -0.39 is 9.05 Å². The van der Waals surface area contributed by atoms with E-state index in [0.717, 1.165) is 0 Å². The van der Waals surface area contributed by atoms with Crippen molar-refractivity contribution >= 4 is 55.2 Å². The second-order valence-corrected chi connectivity index (χ2v) is 1.50. The van der Waals surface area contributed by atoms with E-state index in [0.29, 0.717) is 0 Å². The van der Waals surface area contributed by atoms with Gasteiger partial charge in [-0.3, -0.25) is 0 Å². The molecule has 2 N–H and O–H groups in total. The van der Waals surface area contributed by atoms with Gasteiger partial charge in [0.1, 0.15) is 0 Å². The van der Waals surface area contributed by atoms with Crippen molar-refractivity contribution in [2.45, 2.75) is 0 Å². The molecule has 40 valence electrons. The van der Waals surface area contributed by atoms with E-state index in [2.05, 4.69) is 0 Å². The Morgan fingerprint density at radius 1 is 0.750 bits per heavy atom. The Kier molecular flexibility index (Phi) is 24.2. The molecular formula is H2Mg2O5Si. The second-order valence-electron chi connectivity index (χ2n) is 0.500. The largest absolute Gasteiger partial charge is 2.00 e. The third-order valence-corrected chi connectivity index (χ3v) is 0. The summed E-state index contributed by atoms with van der Waals surface area (Å²) >= 11 is 0. The smallest absolute Gasteiger partial charge is 0.894 e. The van der Waals surface area contributed by atoms with Crippen LogP contribution < -0.4 is 19.2 Å². The fourth-order valence-electron chi connectivity index (χ4n) is 0. The van der Waals surface area contributed by atoms with Crippen LogP contribution in [0.25, 0.3) is 0 Å². The fraction of sp³-hybridized carbons (Fsp3) is 0. The Bertz CT molecular complexity index is 25.9. The Hall–Kier alpha value is 1.55. The molecule has 0 aromatic heterocycles. The topological polar surface area (TPSA) is 124 Å².